The van der Waals surface area contributed by atoms with E-state index in [9.17, 15) is 0 Å². The van der Waals surface area contributed by atoms with E-state index in [1.165, 1.54) is 5.52 Å². The van der Waals surface area contributed by atoms with E-state index in [4.69, 9.17) is 9.47 Å². The van der Waals surface area contributed by atoms with Crippen LogP contribution in [0.25, 0.3) is 11.0 Å². The smallest absolute Gasteiger partial charge is 0.191 e. The van der Waals surface area contributed by atoms with Crippen LogP contribution in [0.5, 0.6) is 5.75 Å². The number of benzene rings is 2. The lowest BCUT2D eigenvalue weighted by molar-refractivity contribution is 0.123. The maximum absolute atomic E-state index is 5.75. The first-order valence-corrected chi connectivity index (χ1v) is 10.3. The SMILES string of the molecule is CN=C(NCCCn1c(C)nc2ccccc21)NCCOCc1ccccc1OC.I. The Labute approximate surface area is 201 Å². The zero-order chi connectivity index (χ0) is 21.2. The lowest BCUT2D eigenvalue weighted by Crippen LogP contribution is -2.39. The van der Waals surface area contributed by atoms with Crippen molar-refractivity contribution in [1.82, 2.24) is 20.2 Å². The third kappa shape index (κ3) is 7.10. The third-order valence-electron chi connectivity index (χ3n) is 4.91. The Morgan fingerprint density at radius 1 is 1.06 bits per heavy atom. The largest absolute Gasteiger partial charge is 0.496 e. The highest BCUT2D eigenvalue weighted by Gasteiger charge is 2.06. The standard InChI is InChI=1S/C23H31N5O2.HI/c1-18-27-20-10-5-6-11-21(20)28(18)15-8-13-25-23(24-2)26-14-16-30-17-19-9-4-7-12-22(19)29-3;/h4-7,9-12H,8,13-17H2,1-3H3,(H2,24,25,26);1H. The number of nitrogens with zero attached hydrogens (tertiary/aromatic N) is 3. The number of methoxy groups -OCH3 is 1. The molecule has 3 aromatic rings. The zero-order valence-corrected chi connectivity index (χ0v) is 20.8. The van der Waals surface area contributed by atoms with E-state index in [0.29, 0.717) is 19.8 Å². The molecule has 2 N–H and O–H groups in total. The molecule has 0 fully saturated rings. The maximum Gasteiger partial charge on any atom is 0.191 e. The Kier molecular flexibility index (Phi) is 10.6. The van der Waals surface area contributed by atoms with Crippen LogP contribution >= 0.6 is 24.0 Å². The van der Waals surface area contributed by atoms with Crippen molar-refractivity contribution in [2.45, 2.75) is 26.5 Å². The molecule has 0 unspecified atom stereocenters. The van der Waals surface area contributed by atoms with Gasteiger partial charge in [-0.15, -0.1) is 24.0 Å². The van der Waals surface area contributed by atoms with Gasteiger partial charge in [-0.3, -0.25) is 4.99 Å². The second-order valence-electron chi connectivity index (χ2n) is 6.94. The monoisotopic (exact) mass is 537 g/mol. The van der Waals surface area contributed by atoms with Gasteiger partial charge in [0.1, 0.15) is 11.6 Å². The fourth-order valence-corrected chi connectivity index (χ4v) is 3.39. The topological polar surface area (TPSA) is 72.7 Å². The number of hydrogen-bond acceptors (Lipinski definition) is 4. The van der Waals surface area contributed by atoms with Crippen LogP contribution in [0, 0.1) is 6.92 Å². The summed E-state index contributed by atoms with van der Waals surface area (Å²) in [7, 11) is 3.45. The Morgan fingerprint density at radius 3 is 2.61 bits per heavy atom. The van der Waals surface area contributed by atoms with Crippen LogP contribution in [0.15, 0.2) is 53.5 Å². The van der Waals surface area contributed by atoms with Gasteiger partial charge in [0.25, 0.3) is 0 Å². The number of aromatic nitrogens is 2. The number of hydrogen-bond donors (Lipinski definition) is 2. The molecular formula is C23H32IN5O2. The van der Waals surface area contributed by atoms with Gasteiger partial charge in [-0.2, -0.15) is 0 Å². The number of ether oxygens (including phenoxy) is 2. The normalized spacial score (nSPS) is 11.3. The quantitative estimate of drug-likeness (QED) is 0.179. The predicted octanol–water partition coefficient (Wildman–Crippen LogP) is 3.74. The molecule has 0 radical (unpaired) electrons. The molecule has 0 aliphatic heterocycles. The van der Waals surface area contributed by atoms with Gasteiger partial charge in [0.15, 0.2) is 5.96 Å². The van der Waals surface area contributed by atoms with E-state index in [2.05, 4.69) is 50.3 Å². The van der Waals surface area contributed by atoms with Gasteiger partial charge in [0, 0.05) is 32.2 Å². The second-order valence-corrected chi connectivity index (χ2v) is 6.94. The first-order chi connectivity index (χ1) is 14.7. The summed E-state index contributed by atoms with van der Waals surface area (Å²) >= 11 is 0. The summed E-state index contributed by atoms with van der Waals surface area (Å²) in [5.41, 5.74) is 3.28. The summed E-state index contributed by atoms with van der Waals surface area (Å²) in [4.78, 5) is 8.89. The zero-order valence-electron chi connectivity index (χ0n) is 18.4. The van der Waals surface area contributed by atoms with Crippen LogP contribution < -0.4 is 15.4 Å². The molecule has 0 bridgehead atoms. The third-order valence-corrected chi connectivity index (χ3v) is 4.91. The minimum atomic E-state index is 0. The summed E-state index contributed by atoms with van der Waals surface area (Å²) in [5.74, 6) is 2.68. The summed E-state index contributed by atoms with van der Waals surface area (Å²) < 4.78 is 13.4. The molecule has 168 valence electrons. The van der Waals surface area contributed by atoms with Gasteiger partial charge in [0.2, 0.25) is 0 Å². The molecule has 31 heavy (non-hydrogen) atoms. The Hall–Kier alpha value is -2.33. The fraction of sp³-hybridized carbons (Fsp3) is 0.391. The van der Waals surface area contributed by atoms with Gasteiger partial charge in [-0.05, 0) is 31.5 Å². The van der Waals surface area contributed by atoms with Gasteiger partial charge in [-0.1, -0.05) is 30.3 Å². The number of para-hydroxylation sites is 3. The maximum atomic E-state index is 5.75. The number of rotatable bonds is 10. The minimum Gasteiger partial charge on any atom is -0.496 e. The van der Waals surface area contributed by atoms with E-state index < -0.39 is 0 Å². The average molecular weight is 537 g/mol. The van der Waals surface area contributed by atoms with E-state index in [0.717, 1.165) is 48.1 Å². The molecule has 8 heteroatoms. The molecule has 0 saturated carbocycles. The summed E-state index contributed by atoms with van der Waals surface area (Å²) in [6.45, 7) is 5.58. The molecule has 3 rings (SSSR count). The van der Waals surface area contributed by atoms with Crippen molar-refractivity contribution >= 4 is 41.0 Å². The fourth-order valence-electron chi connectivity index (χ4n) is 3.39. The van der Waals surface area contributed by atoms with Crippen LogP contribution in [0.3, 0.4) is 0 Å². The number of halogens is 1. The van der Waals surface area contributed by atoms with E-state index in [1.54, 1.807) is 14.2 Å². The first kappa shape index (κ1) is 24.9. The van der Waals surface area contributed by atoms with Gasteiger partial charge < -0.3 is 24.7 Å². The lowest BCUT2D eigenvalue weighted by atomic mass is 10.2. The predicted molar refractivity (Wildman–Crippen MR) is 137 cm³/mol. The Morgan fingerprint density at radius 2 is 1.81 bits per heavy atom. The molecule has 0 spiro atoms. The van der Waals surface area contributed by atoms with Crippen molar-refractivity contribution in [3.8, 4) is 5.75 Å². The van der Waals surface area contributed by atoms with Crippen LogP contribution in [-0.2, 0) is 17.9 Å². The lowest BCUT2D eigenvalue weighted by Gasteiger charge is -2.13. The van der Waals surface area contributed by atoms with Crippen LogP contribution in [0.1, 0.15) is 17.8 Å². The summed E-state index contributed by atoms with van der Waals surface area (Å²) in [6.07, 6.45) is 0.978. The van der Waals surface area contributed by atoms with E-state index >= 15 is 0 Å². The summed E-state index contributed by atoms with van der Waals surface area (Å²) in [6, 6.07) is 16.1. The minimum absolute atomic E-state index is 0. The molecule has 0 saturated heterocycles. The van der Waals surface area contributed by atoms with E-state index in [1.807, 2.05) is 30.3 Å². The van der Waals surface area contributed by atoms with E-state index in [-0.39, 0.29) is 24.0 Å². The highest BCUT2D eigenvalue weighted by molar-refractivity contribution is 14.0. The molecule has 2 aromatic carbocycles. The van der Waals surface area contributed by atoms with Crippen molar-refractivity contribution in [2.24, 2.45) is 4.99 Å². The molecule has 1 aromatic heterocycles. The van der Waals surface area contributed by atoms with Crippen molar-refractivity contribution < 1.29 is 9.47 Å². The summed E-state index contributed by atoms with van der Waals surface area (Å²) in [5, 5.41) is 6.64. The number of nitrogens with one attached hydrogen (secondary N) is 2. The van der Waals surface area contributed by atoms with Gasteiger partial charge >= 0.3 is 0 Å². The van der Waals surface area contributed by atoms with Crippen LogP contribution in [0.4, 0.5) is 0 Å². The average Bonchev–Trinajstić information content (AvgIpc) is 3.10. The van der Waals surface area contributed by atoms with Crippen molar-refractivity contribution in [1.29, 1.82) is 0 Å². The second kappa shape index (κ2) is 13.2. The van der Waals surface area contributed by atoms with Crippen molar-refractivity contribution in [3.05, 3.63) is 59.9 Å². The van der Waals surface area contributed by atoms with Crippen molar-refractivity contribution in [3.63, 3.8) is 0 Å². The van der Waals surface area contributed by atoms with Crippen LogP contribution in [0.2, 0.25) is 0 Å². The van der Waals surface area contributed by atoms with Crippen LogP contribution in [-0.4, -0.2) is 49.4 Å². The number of aryl methyl sites for hydroxylation is 2. The number of aliphatic imine (C=N–C) groups is 1. The van der Waals surface area contributed by atoms with Crippen molar-refractivity contribution in [2.75, 3.05) is 33.9 Å². The number of guanidine groups is 1. The Balaban J connectivity index is 0.00000341. The Bertz CT molecular complexity index is 974. The molecule has 0 aliphatic rings. The number of fused-ring (bicyclic) bond motifs is 1. The highest BCUT2D eigenvalue weighted by atomic mass is 127. The molecule has 0 aliphatic carbocycles. The van der Waals surface area contributed by atoms with Gasteiger partial charge in [-0.25, -0.2) is 4.98 Å². The molecule has 0 atom stereocenters. The molecule has 7 nitrogen and oxygen atoms in total. The molecule has 1 heterocycles. The van der Waals surface area contributed by atoms with Gasteiger partial charge in [0.05, 0.1) is 31.4 Å². The molecule has 0 amide bonds. The number of imidazole rings is 1. The first-order valence-electron chi connectivity index (χ1n) is 10.3. The molecular weight excluding hydrogens is 505 g/mol. The highest BCUT2D eigenvalue weighted by Crippen LogP contribution is 2.18.